The highest BCUT2D eigenvalue weighted by Crippen LogP contribution is 2.20. The van der Waals surface area contributed by atoms with Gasteiger partial charge in [-0.1, -0.05) is 59.6 Å². The molecule has 0 aromatic heterocycles. The molecule has 0 aliphatic rings. The van der Waals surface area contributed by atoms with Gasteiger partial charge in [0.05, 0.1) is 41.3 Å². The summed E-state index contributed by atoms with van der Waals surface area (Å²) in [6.45, 7) is 4.63. The van der Waals surface area contributed by atoms with E-state index in [1.54, 1.807) is 24.3 Å². The zero-order valence-electron chi connectivity index (χ0n) is 24.8. The van der Waals surface area contributed by atoms with Crippen LogP contribution in [0.5, 0.6) is 0 Å². The Hall–Kier alpha value is -2.32. The van der Waals surface area contributed by atoms with E-state index in [-0.39, 0.29) is 36.6 Å². The van der Waals surface area contributed by atoms with Crippen molar-refractivity contribution in [1.82, 2.24) is 10.6 Å². The number of nitrogens with zero attached hydrogens (tertiary/aromatic N) is 2. The van der Waals surface area contributed by atoms with E-state index < -0.39 is 0 Å². The van der Waals surface area contributed by atoms with Gasteiger partial charge in [-0.25, -0.2) is 0 Å². The SMILES string of the molecule is C[N+](C)(CCCNC(=O)c1ccc(C(=O)NCCC[N+](C)(C)Cc2ccccc2Cl)cc1)Cc1ccccc1Cl.[Cl-].[Cl-]. The van der Waals surface area contributed by atoms with Crippen LogP contribution in [-0.2, 0) is 13.1 Å². The minimum Gasteiger partial charge on any atom is -1.00 e. The lowest BCUT2D eigenvalue weighted by Gasteiger charge is -2.30. The van der Waals surface area contributed by atoms with Crippen molar-refractivity contribution in [1.29, 1.82) is 0 Å². The molecular weight excluding hydrogens is 614 g/mol. The molecule has 0 aliphatic carbocycles. The Morgan fingerprint density at radius 1 is 0.595 bits per heavy atom. The van der Waals surface area contributed by atoms with Crippen LogP contribution >= 0.6 is 23.2 Å². The molecule has 0 spiro atoms. The Morgan fingerprint density at radius 2 is 0.929 bits per heavy atom. The fraction of sp³-hybridized carbons (Fsp3) is 0.375. The van der Waals surface area contributed by atoms with Crippen LogP contribution in [0.3, 0.4) is 0 Å². The maximum atomic E-state index is 12.6. The number of carbonyl (C=O) groups excluding carboxylic acids is 2. The van der Waals surface area contributed by atoms with E-state index >= 15 is 0 Å². The highest BCUT2D eigenvalue weighted by Gasteiger charge is 2.19. The number of carbonyl (C=O) groups is 2. The average Bonchev–Trinajstić information content (AvgIpc) is 2.91. The van der Waals surface area contributed by atoms with Gasteiger partial charge in [0.2, 0.25) is 0 Å². The van der Waals surface area contributed by atoms with Crippen LogP contribution in [0.25, 0.3) is 0 Å². The second kappa shape index (κ2) is 17.7. The Bertz CT molecular complexity index is 1190. The molecule has 0 heterocycles. The normalized spacial score (nSPS) is 11.2. The number of hydrogen-bond acceptors (Lipinski definition) is 2. The molecule has 230 valence electrons. The van der Waals surface area contributed by atoms with E-state index in [1.165, 1.54) is 0 Å². The summed E-state index contributed by atoms with van der Waals surface area (Å²) < 4.78 is 1.56. The van der Waals surface area contributed by atoms with E-state index in [1.807, 2.05) is 36.4 Å². The molecule has 2 amide bonds. The van der Waals surface area contributed by atoms with Crippen LogP contribution in [0.1, 0.15) is 44.7 Å². The number of quaternary nitrogens is 2. The molecule has 0 radical (unpaired) electrons. The smallest absolute Gasteiger partial charge is 0.251 e. The van der Waals surface area contributed by atoms with E-state index in [4.69, 9.17) is 23.2 Å². The van der Waals surface area contributed by atoms with Crippen LogP contribution < -0.4 is 35.4 Å². The minimum absolute atomic E-state index is 0. The van der Waals surface area contributed by atoms with Crippen LogP contribution in [0.2, 0.25) is 10.0 Å². The van der Waals surface area contributed by atoms with Gasteiger partial charge in [0.1, 0.15) is 13.1 Å². The summed E-state index contributed by atoms with van der Waals surface area (Å²) in [5.74, 6) is -0.274. The molecule has 0 fully saturated rings. The zero-order chi connectivity index (χ0) is 29.2. The molecule has 0 saturated carbocycles. The topological polar surface area (TPSA) is 58.2 Å². The summed E-state index contributed by atoms with van der Waals surface area (Å²) in [4.78, 5) is 25.2. The predicted molar refractivity (Wildman–Crippen MR) is 165 cm³/mol. The lowest BCUT2D eigenvalue weighted by atomic mass is 10.1. The van der Waals surface area contributed by atoms with Gasteiger partial charge in [0.15, 0.2) is 0 Å². The van der Waals surface area contributed by atoms with E-state index in [2.05, 4.69) is 51.0 Å². The molecular formula is C32H42Cl4N4O2. The Kier molecular flexibility index (Phi) is 15.9. The van der Waals surface area contributed by atoms with Gasteiger partial charge >= 0.3 is 0 Å². The molecule has 3 aromatic rings. The van der Waals surface area contributed by atoms with Gasteiger partial charge in [-0.05, 0) is 36.4 Å². The number of amides is 2. The van der Waals surface area contributed by atoms with Crippen LogP contribution in [-0.4, -0.2) is 75.2 Å². The summed E-state index contributed by atoms with van der Waals surface area (Å²) in [5, 5.41) is 7.54. The van der Waals surface area contributed by atoms with E-state index in [0.29, 0.717) is 24.2 Å². The van der Waals surface area contributed by atoms with Gasteiger partial charge in [-0.2, -0.15) is 0 Å². The highest BCUT2D eigenvalue weighted by atomic mass is 35.5. The van der Waals surface area contributed by atoms with Crippen molar-refractivity contribution in [2.75, 3.05) is 54.4 Å². The lowest BCUT2D eigenvalue weighted by Crippen LogP contribution is -3.00. The third-order valence-corrected chi connectivity index (χ3v) is 7.71. The van der Waals surface area contributed by atoms with Crippen molar-refractivity contribution < 1.29 is 43.4 Å². The molecule has 0 bridgehead atoms. The monoisotopic (exact) mass is 654 g/mol. The van der Waals surface area contributed by atoms with Gasteiger partial charge < -0.3 is 44.4 Å². The average molecular weight is 657 g/mol. The Morgan fingerprint density at radius 3 is 1.26 bits per heavy atom. The largest absolute Gasteiger partial charge is 1.00 e. The first-order chi connectivity index (χ1) is 19.0. The van der Waals surface area contributed by atoms with Gasteiger partial charge in [-0.15, -0.1) is 0 Å². The van der Waals surface area contributed by atoms with Gasteiger partial charge in [0, 0.05) is 58.2 Å². The van der Waals surface area contributed by atoms with Crippen molar-refractivity contribution >= 4 is 35.0 Å². The van der Waals surface area contributed by atoms with Gasteiger partial charge in [0.25, 0.3) is 11.8 Å². The molecule has 3 aromatic carbocycles. The number of rotatable bonds is 14. The quantitative estimate of drug-likeness (QED) is 0.187. The number of hydrogen-bond donors (Lipinski definition) is 2. The van der Waals surface area contributed by atoms with Crippen LogP contribution in [0.15, 0.2) is 72.8 Å². The molecule has 0 unspecified atom stereocenters. The third-order valence-electron chi connectivity index (χ3n) is 6.97. The molecule has 6 nitrogen and oxygen atoms in total. The van der Waals surface area contributed by atoms with Crippen molar-refractivity contribution in [3.8, 4) is 0 Å². The summed E-state index contributed by atoms with van der Waals surface area (Å²) >= 11 is 12.6. The van der Waals surface area contributed by atoms with E-state index in [9.17, 15) is 9.59 Å². The molecule has 0 saturated heterocycles. The first-order valence-electron chi connectivity index (χ1n) is 13.7. The zero-order valence-corrected chi connectivity index (χ0v) is 27.8. The summed E-state index contributed by atoms with van der Waals surface area (Å²) in [6.07, 6.45) is 1.69. The number of halogens is 4. The summed E-state index contributed by atoms with van der Waals surface area (Å²) in [7, 11) is 8.65. The maximum absolute atomic E-state index is 12.6. The summed E-state index contributed by atoms with van der Waals surface area (Å²) in [6, 6.07) is 22.6. The number of benzene rings is 3. The first-order valence-corrected chi connectivity index (χ1v) is 14.5. The van der Waals surface area contributed by atoms with Crippen molar-refractivity contribution in [3.05, 3.63) is 105 Å². The molecule has 10 heteroatoms. The second-order valence-corrected chi connectivity index (χ2v) is 12.4. The van der Waals surface area contributed by atoms with Crippen LogP contribution in [0.4, 0.5) is 0 Å². The molecule has 2 N–H and O–H groups in total. The minimum atomic E-state index is -0.137. The Balaban J connectivity index is 0.00000441. The fourth-order valence-electron chi connectivity index (χ4n) is 4.73. The third kappa shape index (κ3) is 12.5. The van der Waals surface area contributed by atoms with Crippen molar-refractivity contribution in [2.24, 2.45) is 0 Å². The first kappa shape index (κ1) is 37.7. The maximum Gasteiger partial charge on any atom is 0.251 e. The van der Waals surface area contributed by atoms with Crippen molar-refractivity contribution in [3.63, 3.8) is 0 Å². The van der Waals surface area contributed by atoms with Crippen LogP contribution in [0, 0.1) is 0 Å². The Labute approximate surface area is 273 Å². The summed E-state index contributed by atoms with van der Waals surface area (Å²) in [5.41, 5.74) is 3.33. The highest BCUT2D eigenvalue weighted by molar-refractivity contribution is 6.31. The predicted octanol–water partition coefficient (Wildman–Crippen LogP) is -0.206. The molecule has 42 heavy (non-hydrogen) atoms. The lowest BCUT2D eigenvalue weighted by molar-refractivity contribution is -0.903. The van der Waals surface area contributed by atoms with Gasteiger partial charge in [-0.3, -0.25) is 9.59 Å². The molecule has 0 atom stereocenters. The van der Waals surface area contributed by atoms with E-state index in [0.717, 1.165) is 69.2 Å². The van der Waals surface area contributed by atoms with Crippen molar-refractivity contribution in [2.45, 2.75) is 25.9 Å². The fourth-order valence-corrected chi connectivity index (χ4v) is 5.12. The molecule has 0 aliphatic heterocycles. The molecule has 3 rings (SSSR count). The number of nitrogens with one attached hydrogen (secondary N) is 2. The second-order valence-electron chi connectivity index (χ2n) is 11.6. The standard InChI is InChI=1S/C32H40Cl2N4O2.2ClH/c1-37(2,23-27-11-5-7-13-29(27)33)21-9-19-35-31(39)25-15-17-26(18-16-25)32(40)36-20-10-22-38(3,4)24-28-12-6-8-14-30(28)34;;/h5-8,11-18H,9-10,19-24H2,1-4H3;2*1H.